The number of phenols is 2. The van der Waals surface area contributed by atoms with Gasteiger partial charge in [-0.15, -0.1) is 0 Å². The smallest absolute Gasteiger partial charge is 0.201 e. The lowest BCUT2D eigenvalue weighted by atomic mass is 9.89. The molecule has 2 aromatic carbocycles. The van der Waals surface area contributed by atoms with E-state index in [1.165, 1.54) is 0 Å². The Morgan fingerprint density at radius 1 is 0.952 bits per heavy atom. The van der Waals surface area contributed by atoms with Gasteiger partial charge in [0.25, 0.3) is 0 Å². The Labute approximate surface area is 138 Å². The first-order valence-electron chi connectivity index (χ1n) is 6.37. The van der Waals surface area contributed by atoms with Crippen molar-refractivity contribution in [3.63, 3.8) is 0 Å². The summed E-state index contributed by atoms with van der Waals surface area (Å²) in [6.45, 7) is 3.56. The van der Waals surface area contributed by atoms with Gasteiger partial charge in [-0.1, -0.05) is 71.2 Å². The van der Waals surface area contributed by atoms with Gasteiger partial charge in [-0.05, 0) is 30.5 Å². The van der Waals surface area contributed by atoms with E-state index < -0.39 is 9.71 Å². The van der Waals surface area contributed by atoms with Crippen molar-refractivity contribution < 1.29 is 10.2 Å². The fourth-order valence-electron chi connectivity index (χ4n) is 2.32. The second-order valence-corrected chi connectivity index (χ2v) is 7.36. The largest absolute Gasteiger partial charge is 0.504 e. The van der Waals surface area contributed by atoms with Crippen molar-refractivity contribution in [1.29, 1.82) is 0 Å². The molecule has 1 atom stereocenters. The van der Waals surface area contributed by atoms with Crippen LogP contribution >= 0.6 is 34.8 Å². The van der Waals surface area contributed by atoms with Crippen LogP contribution in [0.3, 0.4) is 0 Å². The lowest BCUT2D eigenvalue weighted by Gasteiger charge is -2.27. The van der Waals surface area contributed by atoms with Gasteiger partial charge in [-0.2, -0.15) is 0 Å². The van der Waals surface area contributed by atoms with Gasteiger partial charge in [0.15, 0.2) is 11.5 Å². The average Bonchev–Trinajstić information content (AvgIpc) is 2.42. The molecule has 0 amide bonds. The quantitative estimate of drug-likeness (QED) is 0.579. The standard InChI is InChI=1S/C16H15Cl3O2/c1-9-8-12(15(21)14(20)10(9)2)13(16(17,18)19)11-6-4-3-5-7-11/h3-8,13,20-21H,1-2H3. The average molecular weight is 346 g/mol. The SMILES string of the molecule is Cc1cc(C(c2ccccc2)C(Cl)(Cl)Cl)c(O)c(O)c1C. The lowest BCUT2D eigenvalue weighted by Crippen LogP contribution is -2.19. The van der Waals surface area contributed by atoms with Crippen molar-refractivity contribution in [2.45, 2.75) is 23.6 Å². The molecule has 0 aliphatic heterocycles. The minimum atomic E-state index is -1.66. The van der Waals surface area contributed by atoms with E-state index in [4.69, 9.17) is 34.8 Å². The molecular formula is C16H15Cl3O2. The zero-order valence-electron chi connectivity index (χ0n) is 11.6. The number of phenolic OH excluding ortho intramolecular Hbond substituents is 2. The van der Waals surface area contributed by atoms with Gasteiger partial charge in [0.1, 0.15) is 0 Å². The van der Waals surface area contributed by atoms with Crippen LogP contribution in [0.5, 0.6) is 11.5 Å². The monoisotopic (exact) mass is 344 g/mol. The van der Waals surface area contributed by atoms with Crippen molar-refractivity contribution in [3.05, 3.63) is 58.7 Å². The second kappa shape index (κ2) is 5.96. The van der Waals surface area contributed by atoms with Gasteiger partial charge in [-0.3, -0.25) is 0 Å². The molecule has 0 radical (unpaired) electrons. The summed E-state index contributed by atoms with van der Waals surface area (Å²) in [5.74, 6) is -1.12. The number of hydrogen-bond acceptors (Lipinski definition) is 2. The van der Waals surface area contributed by atoms with Crippen LogP contribution in [0.25, 0.3) is 0 Å². The summed E-state index contributed by atoms with van der Waals surface area (Å²) in [6.07, 6.45) is 0. The molecule has 2 rings (SSSR count). The third kappa shape index (κ3) is 3.23. The Morgan fingerprint density at radius 2 is 1.52 bits per heavy atom. The van der Waals surface area contributed by atoms with Crippen LogP contribution in [0, 0.1) is 13.8 Å². The molecule has 0 bridgehead atoms. The van der Waals surface area contributed by atoms with Crippen molar-refractivity contribution in [2.75, 3.05) is 0 Å². The summed E-state index contributed by atoms with van der Waals surface area (Å²) >= 11 is 18.4. The van der Waals surface area contributed by atoms with E-state index in [0.717, 1.165) is 11.1 Å². The van der Waals surface area contributed by atoms with Crippen molar-refractivity contribution >= 4 is 34.8 Å². The first kappa shape index (κ1) is 16.3. The van der Waals surface area contributed by atoms with Crippen molar-refractivity contribution in [1.82, 2.24) is 0 Å². The van der Waals surface area contributed by atoms with Crippen LogP contribution in [0.2, 0.25) is 0 Å². The maximum atomic E-state index is 10.3. The van der Waals surface area contributed by atoms with Crippen LogP contribution in [-0.2, 0) is 0 Å². The first-order valence-corrected chi connectivity index (χ1v) is 7.50. The molecule has 112 valence electrons. The van der Waals surface area contributed by atoms with E-state index in [2.05, 4.69) is 0 Å². The number of aromatic hydroxyl groups is 2. The molecule has 0 aliphatic rings. The zero-order valence-corrected chi connectivity index (χ0v) is 13.8. The maximum absolute atomic E-state index is 10.3. The molecule has 2 N–H and O–H groups in total. The topological polar surface area (TPSA) is 40.5 Å². The highest BCUT2D eigenvalue weighted by Gasteiger charge is 2.37. The summed E-state index contributed by atoms with van der Waals surface area (Å²) in [6, 6.07) is 10.9. The molecule has 21 heavy (non-hydrogen) atoms. The molecule has 0 heterocycles. The summed E-state index contributed by atoms with van der Waals surface area (Å²) in [4.78, 5) is 0. The van der Waals surface area contributed by atoms with Crippen LogP contribution in [0.15, 0.2) is 36.4 Å². The highest BCUT2D eigenvalue weighted by Crippen LogP contribution is 2.50. The van der Waals surface area contributed by atoms with Crippen LogP contribution < -0.4 is 0 Å². The third-order valence-corrected chi connectivity index (χ3v) is 4.24. The zero-order chi connectivity index (χ0) is 15.8. The Bertz CT molecular complexity index is 649. The normalized spacial score (nSPS) is 13.2. The van der Waals surface area contributed by atoms with Gasteiger partial charge < -0.3 is 10.2 Å². The minimum absolute atomic E-state index is 0.180. The van der Waals surface area contributed by atoms with E-state index in [1.807, 2.05) is 37.3 Å². The van der Waals surface area contributed by atoms with Crippen molar-refractivity contribution in [3.8, 4) is 11.5 Å². The third-order valence-electron chi connectivity index (χ3n) is 3.59. The van der Waals surface area contributed by atoms with Gasteiger partial charge in [0.05, 0.1) is 5.92 Å². The van der Waals surface area contributed by atoms with Crippen LogP contribution in [0.4, 0.5) is 0 Å². The van der Waals surface area contributed by atoms with Gasteiger partial charge in [-0.25, -0.2) is 0 Å². The minimum Gasteiger partial charge on any atom is -0.504 e. The molecule has 0 aromatic heterocycles. The molecule has 0 saturated heterocycles. The lowest BCUT2D eigenvalue weighted by molar-refractivity contribution is 0.394. The summed E-state index contributed by atoms with van der Waals surface area (Å²) in [7, 11) is 0. The molecular weight excluding hydrogens is 331 g/mol. The van der Waals surface area contributed by atoms with Gasteiger partial charge in [0, 0.05) is 5.56 Å². The van der Waals surface area contributed by atoms with Crippen LogP contribution in [0.1, 0.15) is 28.2 Å². The highest BCUT2D eigenvalue weighted by atomic mass is 35.6. The number of halogens is 3. The molecule has 5 heteroatoms. The van der Waals surface area contributed by atoms with Crippen LogP contribution in [-0.4, -0.2) is 14.0 Å². The van der Waals surface area contributed by atoms with Crippen molar-refractivity contribution in [2.24, 2.45) is 0 Å². The molecule has 2 aromatic rings. The number of benzene rings is 2. The fourth-order valence-corrected chi connectivity index (χ4v) is 3.05. The molecule has 0 fully saturated rings. The highest BCUT2D eigenvalue weighted by molar-refractivity contribution is 6.68. The maximum Gasteiger partial charge on any atom is 0.201 e. The van der Waals surface area contributed by atoms with E-state index in [0.29, 0.717) is 11.1 Å². The molecule has 2 nitrogen and oxygen atoms in total. The summed E-state index contributed by atoms with van der Waals surface area (Å²) in [5.41, 5.74) is 2.56. The van der Waals surface area contributed by atoms with E-state index in [-0.39, 0.29) is 11.5 Å². The number of rotatable bonds is 2. The van der Waals surface area contributed by atoms with E-state index in [9.17, 15) is 10.2 Å². The predicted octanol–water partition coefficient (Wildman–Crippen LogP) is 5.22. The Morgan fingerprint density at radius 3 is 2.05 bits per heavy atom. The Balaban J connectivity index is 2.70. The van der Waals surface area contributed by atoms with E-state index >= 15 is 0 Å². The Kier molecular flexibility index (Phi) is 4.62. The number of aryl methyl sites for hydroxylation is 1. The van der Waals surface area contributed by atoms with Gasteiger partial charge >= 0.3 is 0 Å². The molecule has 0 spiro atoms. The molecule has 0 aliphatic carbocycles. The predicted molar refractivity (Wildman–Crippen MR) is 87.8 cm³/mol. The molecule has 0 saturated carbocycles. The Hall–Kier alpha value is -1.09. The fraction of sp³-hybridized carbons (Fsp3) is 0.250. The number of alkyl halides is 3. The van der Waals surface area contributed by atoms with E-state index in [1.54, 1.807) is 13.0 Å². The number of hydrogen-bond donors (Lipinski definition) is 2. The summed E-state index contributed by atoms with van der Waals surface area (Å²) < 4.78 is -1.66. The summed E-state index contributed by atoms with van der Waals surface area (Å²) in [5, 5.41) is 20.3. The van der Waals surface area contributed by atoms with Gasteiger partial charge in [0.2, 0.25) is 3.79 Å². The molecule has 1 unspecified atom stereocenters. The second-order valence-electron chi connectivity index (χ2n) is 4.99. The first-order chi connectivity index (χ1) is 9.73.